The molecule has 3 aromatic rings. The SMILES string of the molecule is COc1ccc(CC(=O)N2C[C@@H]3NC(=O)c4cc(cc(OCC5CC5)c4)OCC(=O)NCc4ccc(cc4)O[C@H]3C2)c(OC)c1. The van der Waals surface area contributed by atoms with Crippen LogP contribution in [0.15, 0.2) is 60.7 Å². The van der Waals surface area contributed by atoms with Gasteiger partial charge < -0.3 is 39.2 Å². The molecular weight excluding hydrogens is 578 g/mol. The number of likely N-dealkylation sites (tertiary alicyclic amines) is 1. The van der Waals surface area contributed by atoms with Crippen molar-refractivity contribution in [2.24, 2.45) is 5.92 Å². The summed E-state index contributed by atoms with van der Waals surface area (Å²) in [6.45, 7) is 1.19. The van der Waals surface area contributed by atoms with Crippen molar-refractivity contribution in [1.82, 2.24) is 15.5 Å². The van der Waals surface area contributed by atoms with E-state index in [-0.39, 0.29) is 43.8 Å². The van der Waals surface area contributed by atoms with Crippen LogP contribution in [0.25, 0.3) is 0 Å². The van der Waals surface area contributed by atoms with Gasteiger partial charge in [-0.1, -0.05) is 18.2 Å². The van der Waals surface area contributed by atoms with E-state index in [0.29, 0.717) is 53.4 Å². The first-order valence-electron chi connectivity index (χ1n) is 15.1. The molecule has 45 heavy (non-hydrogen) atoms. The van der Waals surface area contributed by atoms with E-state index in [9.17, 15) is 14.4 Å². The molecule has 4 aliphatic rings. The third kappa shape index (κ3) is 7.60. The molecule has 1 aliphatic carbocycles. The maximum atomic E-state index is 13.7. The predicted octanol–water partition coefficient (Wildman–Crippen LogP) is 3.13. The Morgan fingerprint density at radius 3 is 2.51 bits per heavy atom. The van der Waals surface area contributed by atoms with Crippen LogP contribution >= 0.6 is 0 Å². The van der Waals surface area contributed by atoms with Gasteiger partial charge in [0.15, 0.2) is 6.61 Å². The largest absolute Gasteiger partial charge is 0.497 e. The van der Waals surface area contributed by atoms with Crippen molar-refractivity contribution < 1.29 is 38.1 Å². The van der Waals surface area contributed by atoms with Crippen LogP contribution in [-0.2, 0) is 22.6 Å². The quantitative estimate of drug-likeness (QED) is 0.416. The number of fused-ring (bicyclic) bond motifs is 7. The minimum Gasteiger partial charge on any atom is -0.497 e. The van der Waals surface area contributed by atoms with Crippen LogP contribution in [-0.4, -0.2) is 75.3 Å². The fourth-order valence-corrected chi connectivity index (χ4v) is 5.39. The number of amides is 3. The molecule has 11 heteroatoms. The highest BCUT2D eigenvalue weighted by molar-refractivity contribution is 5.95. The highest BCUT2D eigenvalue weighted by atomic mass is 16.5. The lowest BCUT2D eigenvalue weighted by molar-refractivity contribution is -0.129. The molecule has 3 heterocycles. The predicted molar refractivity (Wildman–Crippen MR) is 164 cm³/mol. The Bertz CT molecular complexity index is 1560. The minimum absolute atomic E-state index is 0.113. The van der Waals surface area contributed by atoms with Crippen LogP contribution in [0.1, 0.15) is 34.3 Å². The van der Waals surface area contributed by atoms with E-state index >= 15 is 0 Å². The summed E-state index contributed by atoms with van der Waals surface area (Å²) >= 11 is 0. The van der Waals surface area contributed by atoms with Crippen LogP contribution in [0.5, 0.6) is 28.7 Å². The molecule has 7 rings (SSSR count). The van der Waals surface area contributed by atoms with Gasteiger partial charge in [0.2, 0.25) is 5.91 Å². The Balaban J connectivity index is 1.25. The second-order valence-corrected chi connectivity index (χ2v) is 11.5. The Hall–Kier alpha value is -4.93. The molecule has 4 bridgehead atoms. The molecule has 0 spiro atoms. The van der Waals surface area contributed by atoms with Gasteiger partial charge in [-0.25, -0.2) is 0 Å². The molecule has 0 aromatic heterocycles. The van der Waals surface area contributed by atoms with Crippen LogP contribution in [0.4, 0.5) is 0 Å². The molecule has 2 N–H and O–H groups in total. The zero-order valence-electron chi connectivity index (χ0n) is 25.4. The van der Waals surface area contributed by atoms with Crippen molar-refractivity contribution in [3.8, 4) is 28.7 Å². The Kier molecular flexibility index (Phi) is 8.95. The van der Waals surface area contributed by atoms with Crippen LogP contribution in [0.2, 0.25) is 0 Å². The molecule has 0 unspecified atom stereocenters. The number of methoxy groups -OCH3 is 2. The third-order valence-electron chi connectivity index (χ3n) is 8.17. The number of carbonyl (C=O) groups is 3. The van der Waals surface area contributed by atoms with E-state index in [2.05, 4.69) is 10.6 Å². The topological polar surface area (TPSA) is 125 Å². The molecule has 236 valence electrons. The van der Waals surface area contributed by atoms with Crippen molar-refractivity contribution >= 4 is 17.7 Å². The summed E-state index contributed by atoms with van der Waals surface area (Å²) < 4.78 is 28.9. The Morgan fingerprint density at radius 1 is 0.933 bits per heavy atom. The van der Waals surface area contributed by atoms with Gasteiger partial charge in [-0.3, -0.25) is 14.4 Å². The molecular formula is C34H37N3O8. The van der Waals surface area contributed by atoms with Gasteiger partial charge in [0.1, 0.15) is 34.9 Å². The number of ether oxygens (including phenoxy) is 5. The van der Waals surface area contributed by atoms with Gasteiger partial charge in [0.05, 0.1) is 39.8 Å². The van der Waals surface area contributed by atoms with E-state index in [1.165, 1.54) is 0 Å². The maximum absolute atomic E-state index is 13.7. The molecule has 3 aromatic carbocycles. The van der Waals surface area contributed by atoms with Gasteiger partial charge in [-0.15, -0.1) is 0 Å². The maximum Gasteiger partial charge on any atom is 0.258 e. The average Bonchev–Trinajstić information content (AvgIpc) is 3.81. The molecule has 3 amide bonds. The number of nitrogens with one attached hydrogen (secondary N) is 2. The summed E-state index contributed by atoms with van der Waals surface area (Å²) in [5, 5.41) is 5.93. The number of hydrogen-bond acceptors (Lipinski definition) is 8. The first-order valence-corrected chi connectivity index (χ1v) is 15.1. The van der Waals surface area contributed by atoms with E-state index in [4.69, 9.17) is 23.7 Å². The van der Waals surface area contributed by atoms with Crippen LogP contribution < -0.4 is 34.3 Å². The molecule has 1 saturated heterocycles. The molecule has 1 saturated carbocycles. The lowest BCUT2D eigenvalue weighted by atomic mass is 10.1. The summed E-state index contributed by atoms with van der Waals surface area (Å²) in [4.78, 5) is 41.4. The Morgan fingerprint density at radius 2 is 1.76 bits per heavy atom. The van der Waals surface area contributed by atoms with Crippen LogP contribution in [0, 0.1) is 5.92 Å². The second-order valence-electron chi connectivity index (χ2n) is 11.5. The normalized spacial score (nSPS) is 19.7. The van der Waals surface area contributed by atoms with E-state index in [1.807, 2.05) is 30.3 Å². The fourth-order valence-electron chi connectivity index (χ4n) is 5.39. The van der Waals surface area contributed by atoms with E-state index in [0.717, 1.165) is 24.0 Å². The number of nitrogens with zero attached hydrogens (tertiary/aromatic N) is 1. The monoisotopic (exact) mass is 615 g/mol. The average molecular weight is 616 g/mol. The Labute approximate surface area is 261 Å². The first kappa shape index (κ1) is 30.1. The zero-order valence-corrected chi connectivity index (χ0v) is 25.4. The fraction of sp³-hybridized carbons (Fsp3) is 0.382. The number of carbonyl (C=O) groups excluding carboxylic acids is 3. The molecule has 11 nitrogen and oxygen atoms in total. The summed E-state index contributed by atoms with van der Waals surface area (Å²) in [7, 11) is 3.13. The van der Waals surface area contributed by atoms with Gasteiger partial charge in [0.25, 0.3) is 11.8 Å². The first-order chi connectivity index (χ1) is 21.9. The van der Waals surface area contributed by atoms with Gasteiger partial charge in [-0.05, 0) is 54.7 Å². The molecule has 2 atom stereocenters. The van der Waals surface area contributed by atoms with Crippen molar-refractivity contribution in [2.75, 3.05) is 40.5 Å². The number of benzene rings is 3. The minimum atomic E-state index is -0.512. The summed E-state index contributed by atoms with van der Waals surface area (Å²) in [6.07, 6.45) is 1.84. The van der Waals surface area contributed by atoms with E-state index < -0.39 is 12.1 Å². The highest BCUT2D eigenvalue weighted by Crippen LogP contribution is 2.31. The summed E-state index contributed by atoms with van der Waals surface area (Å²) in [5.41, 5.74) is 1.94. The second kappa shape index (κ2) is 13.4. The lowest BCUT2D eigenvalue weighted by Crippen LogP contribution is -2.45. The lowest BCUT2D eigenvalue weighted by Gasteiger charge is -2.21. The smallest absolute Gasteiger partial charge is 0.258 e. The van der Waals surface area contributed by atoms with E-state index in [1.54, 1.807) is 49.5 Å². The zero-order chi connectivity index (χ0) is 31.3. The molecule has 0 radical (unpaired) electrons. The van der Waals surface area contributed by atoms with Gasteiger partial charge in [0, 0.05) is 36.3 Å². The van der Waals surface area contributed by atoms with Crippen molar-refractivity contribution in [3.63, 3.8) is 0 Å². The van der Waals surface area contributed by atoms with Crippen molar-refractivity contribution in [2.45, 2.75) is 38.0 Å². The molecule has 3 aliphatic heterocycles. The number of rotatable bonds is 7. The van der Waals surface area contributed by atoms with Gasteiger partial charge in [-0.2, -0.15) is 0 Å². The summed E-state index contributed by atoms with van der Waals surface area (Å²) in [6, 6.07) is 17.1. The van der Waals surface area contributed by atoms with Crippen molar-refractivity contribution in [3.05, 3.63) is 77.4 Å². The van der Waals surface area contributed by atoms with Crippen LogP contribution in [0.3, 0.4) is 0 Å². The standard InChI is InChI=1S/C34H37N3O8/c1-41-26-10-7-23(30(15-26)42-2)13-33(39)37-17-29-31(18-37)45-25-8-5-21(6-9-25)16-35-32(38)20-44-28-12-24(34(40)36-29)11-27(14-28)43-19-22-3-4-22/h5-12,14-15,22,29,31H,3-4,13,16-20H2,1-2H3,(H,35,38)(H,36,40)/t29-,31-/m0/s1. The highest BCUT2D eigenvalue weighted by Gasteiger charge is 2.38. The van der Waals surface area contributed by atoms with Gasteiger partial charge >= 0.3 is 0 Å². The summed E-state index contributed by atoms with van der Waals surface area (Å²) in [5.74, 6) is 2.35. The third-order valence-corrected chi connectivity index (χ3v) is 8.17. The van der Waals surface area contributed by atoms with Crippen molar-refractivity contribution in [1.29, 1.82) is 0 Å². The molecule has 2 fully saturated rings. The number of hydrogen-bond donors (Lipinski definition) is 2.